The number of benzene rings is 3. The Morgan fingerprint density at radius 1 is 0.862 bits per heavy atom. The standard InChI is InChI=1S/C23H18N2O4/c24-14-18-10-4-6-12-20(18)25-22(26)15-29-23(27)16-28-21-13-7-5-11-19(21)17-8-2-1-3-9-17/h1-13H,15-16H2,(H,25,26). The Bertz CT molecular complexity index is 1040. The zero-order chi connectivity index (χ0) is 20.5. The van der Waals surface area contributed by atoms with Crippen molar-refractivity contribution in [2.75, 3.05) is 18.5 Å². The van der Waals surface area contributed by atoms with Gasteiger partial charge in [0.2, 0.25) is 0 Å². The van der Waals surface area contributed by atoms with Gasteiger partial charge in [0.1, 0.15) is 11.8 Å². The van der Waals surface area contributed by atoms with Gasteiger partial charge in [0, 0.05) is 5.56 Å². The van der Waals surface area contributed by atoms with Crippen LogP contribution in [0.15, 0.2) is 78.9 Å². The molecular weight excluding hydrogens is 368 g/mol. The molecule has 0 saturated heterocycles. The lowest BCUT2D eigenvalue weighted by molar-refractivity contribution is -0.149. The third-order valence-corrected chi connectivity index (χ3v) is 4.00. The van der Waals surface area contributed by atoms with Gasteiger partial charge in [-0.3, -0.25) is 4.79 Å². The quantitative estimate of drug-likeness (QED) is 0.624. The summed E-state index contributed by atoms with van der Waals surface area (Å²) in [6.07, 6.45) is 0. The molecule has 0 saturated carbocycles. The highest BCUT2D eigenvalue weighted by Gasteiger charge is 2.12. The van der Waals surface area contributed by atoms with Gasteiger partial charge in [-0.2, -0.15) is 5.26 Å². The first-order chi connectivity index (χ1) is 14.2. The maximum absolute atomic E-state index is 12.0. The summed E-state index contributed by atoms with van der Waals surface area (Å²) in [5.74, 6) is -0.662. The fourth-order valence-electron chi connectivity index (χ4n) is 2.65. The molecule has 0 aliphatic heterocycles. The van der Waals surface area contributed by atoms with Gasteiger partial charge in [0.15, 0.2) is 13.2 Å². The van der Waals surface area contributed by atoms with E-state index in [1.54, 1.807) is 30.3 Å². The predicted octanol–water partition coefficient (Wildman–Crippen LogP) is 3.79. The summed E-state index contributed by atoms with van der Waals surface area (Å²) in [6, 6.07) is 25.6. The van der Waals surface area contributed by atoms with Crippen LogP contribution in [0.4, 0.5) is 5.69 Å². The molecule has 0 aromatic heterocycles. The fourth-order valence-corrected chi connectivity index (χ4v) is 2.65. The lowest BCUT2D eigenvalue weighted by Gasteiger charge is -2.11. The van der Waals surface area contributed by atoms with Crippen molar-refractivity contribution in [2.24, 2.45) is 0 Å². The number of hydrogen-bond acceptors (Lipinski definition) is 5. The lowest BCUT2D eigenvalue weighted by Crippen LogP contribution is -2.24. The Balaban J connectivity index is 1.52. The monoisotopic (exact) mass is 386 g/mol. The molecule has 0 fully saturated rings. The molecule has 144 valence electrons. The molecule has 0 bridgehead atoms. The summed E-state index contributed by atoms with van der Waals surface area (Å²) in [4.78, 5) is 23.9. The van der Waals surface area contributed by atoms with Crippen LogP contribution in [-0.2, 0) is 14.3 Å². The van der Waals surface area contributed by atoms with Gasteiger partial charge < -0.3 is 14.8 Å². The van der Waals surface area contributed by atoms with E-state index >= 15 is 0 Å². The van der Waals surface area contributed by atoms with Gasteiger partial charge >= 0.3 is 5.97 Å². The van der Waals surface area contributed by atoms with Crippen LogP contribution >= 0.6 is 0 Å². The topological polar surface area (TPSA) is 88.4 Å². The van der Waals surface area contributed by atoms with E-state index in [-0.39, 0.29) is 6.61 Å². The van der Waals surface area contributed by atoms with Gasteiger partial charge in [0.05, 0.1) is 11.3 Å². The van der Waals surface area contributed by atoms with Gasteiger partial charge in [0.25, 0.3) is 5.91 Å². The number of hydrogen-bond donors (Lipinski definition) is 1. The number of carbonyl (C=O) groups excluding carboxylic acids is 2. The second-order valence-corrected chi connectivity index (χ2v) is 6.02. The Kier molecular flexibility index (Phi) is 6.58. The minimum Gasteiger partial charge on any atom is -0.481 e. The Labute approximate surface area is 168 Å². The molecule has 0 unspecified atom stereocenters. The number of nitrogens with one attached hydrogen (secondary N) is 1. The van der Waals surface area contributed by atoms with Crippen molar-refractivity contribution >= 4 is 17.6 Å². The number of nitriles is 1. The third kappa shape index (κ3) is 5.44. The highest BCUT2D eigenvalue weighted by atomic mass is 16.6. The minimum atomic E-state index is -0.670. The van der Waals surface area contributed by atoms with Crippen molar-refractivity contribution in [3.05, 3.63) is 84.4 Å². The average molecular weight is 386 g/mol. The minimum absolute atomic E-state index is 0.327. The number of para-hydroxylation sites is 2. The number of anilines is 1. The summed E-state index contributed by atoms with van der Waals surface area (Å²) in [5, 5.41) is 11.6. The van der Waals surface area contributed by atoms with E-state index in [0.717, 1.165) is 11.1 Å². The van der Waals surface area contributed by atoms with E-state index in [1.165, 1.54) is 0 Å². The Morgan fingerprint density at radius 2 is 1.55 bits per heavy atom. The number of nitrogens with zero attached hydrogens (tertiary/aromatic N) is 1. The van der Waals surface area contributed by atoms with Gasteiger partial charge in [-0.1, -0.05) is 60.7 Å². The zero-order valence-corrected chi connectivity index (χ0v) is 15.5. The van der Waals surface area contributed by atoms with Crippen molar-refractivity contribution in [2.45, 2.75) is 0 Å². The molecule has 1 amide bonds. The van der Waals surface area contributed by atoms with Crippen LogP contribution in [0.2, 0.25) is 0 Å². The number of carbonyl (C=O) groups is 2. The van der Waals surface area contributed by atoms with Crippen LogP contribution < -0.4 is 10.1 Å². The van der Waals surface area contributed by atoms with E-state index < -0.39 is 18.5 Å². The van der Waals surface area contributed by atoms with Crippen molar-refractivity contribution in [3.63, 3.8) is 0 Å². The predicted molar refractivity (Wildman–Crippen MR) is 108 cm³/mol. The van der Waals surface area contributed by atoms with E-state index in [2.05, 4.69) is 5.32 Å². The maximum atomic E-state index is 12.0. The first-order valence-corrected chi connectivity index (χ1v) is 8.89. The highest BCUT2D eigenvalue weighted by molar-refractivity contribution is 5.94. The second-order valence-electron chi connectivity index (χ2n) is 6.02. The molecule has 3 rings (SSSR count). The SMILES string of the molecule is N#Cc1ccccc1NC(=O)COC(=O)COc1ccccc1-c1ccccc1. The first-order valence-electron chi connectivity index (χ1n) is 8.89. The normalized spacial score (nSPS) is 9.90. The average Bonchev–Trinajstić information content (AvgIpc) is 2.77. The number of amides is 1. The van der Waals surface area contributed by atoms with Crippen molar-refractivity contribution in [1.29, 1.82) is 5.26 Å². The molecule has 0 radical (unpaired) electrons. The first kappa shape index (κ1) is 19.6. The zero-order valence-electron chi connectivity index (χ0n) is 15.5. The maximum Gasteiger partial charge on any atom is 0.344 e. The third-order valence-electron chi connectivity index (χ3n) is 4.00. The van der Waals surface area contributed by atoms with Crippen molar-refractivity contribution in [3.8, 4) is 22.9 Å². The summed E-state index contributed by atoms with van der Waals surface area (Å²) in [5.41, 5.74) is 2.51. The van der Waals surface area contributed by atoms with E-state index in [1.807, 2.05) is 54.6 Å². The van der Waals surface area contributed by atoms with Gasteiger partial charge in [-0.05, 0) is 23.8 Å². The van der Waals surface area contributed by atoms with Crippen molar-refractivity contribution in [1.82, 2.24) is 0 Å². The molecule has 29 heavy (non-hydrogen) atoms. The van der Waals surface area contributed by atoms with Crippen LogP contribution in [0.1, 0.15) is 5.56 Å². The molecule has 0 aliphatic carbocycles. The van der Waals surface area contributed by atoms with Crippen LogP contribution in [-0.4, -0.2) is 25.1 Å². The molecule has 6 nitrogen and oxygen atoms in total. The molecule has 6 heteroatoms. The smallest absolute Gasteiger partial charge is 0.344 e. The molecule has 0 atom stereocenters. The molecule has 0 heterocycles. The van der Waals surface area contributed by atoms with E-state index in [9.17, 15) is 9.59 Å². The van der Waals surface area contributed by atoms with Crippen LogP contribution in [0.3, 0.4) is 0 Å². The summed E-state index contributed by atoms with van der Waals surface area (Å²) < 4.78 is 10.5. The van der Waals surface area contributed by atoms with Gasteiger partial charge in [-0.25, -0.2) is 4.79 Å². The van der Waals surface area contributed by atoms with Crippen LogP contribution in [0.5, 0.6) is 5.75 Å². The molecular formula is C23H18N2O4. The molecule has 1 N–H and O–H groups in total. The van der Waals surface area contributed by atoms with E-state index in [0.29, 0.717) is 17.0 Å². The van der Waals surface area contributed by atoms with Crippen LogP contribution in [0, 0.1) is 11.3 Å². The summed E-state index contributed by atoms with van der Waals surface area (Å²) in [7, 11) is 0. The van der Waals surface area contributed by atoms with E-state index in [4.69, 9.17) is 14.7 Å². The highest BCUT2D eigenvalue weighted by Crippen LogP contribution is 2.29. The molecule has 3 aromatic carbocycles. The molecule has 0 spiro atoms. The van der Waals surface area contributed by atoms with Crippen molar-refractivity contribution < 1.29 is 19.1 Å². The Hall–Kier alpha value is -4.11. The van der Waals surface area contributed by atoms with Gasteiger partial charge in [-0.15, -0.1) is 0 Å². The molecule has 0 aliphatic rings. The summed E-state index contributed by atoms with van der Waals surface area (Å²) >= 11 is 0. The molecule has 3 aromatic rings. The lowest BCUT2D eigenvalue weighted by atomic mass is 10.1. The summed E-state index contributed by atoms with van der Waals surface area (Å²) in [6.45, 7) is -0.797. The second kappa shape index (κ2) is 9.72. The fraction of sp³-hybridized carbons (Fsp3) is 0.0870. The number of ether oxygens (including phenoxy) is 2. The van der Waals surface area contributed by atoms with Crippen LogP contribution in [0.25, 0.3) is 11.1 Å². The number of esters is 1. The largest absolute Gasteiger partial charge is 0.481 e. The number of rotatable bonds is 7. The Morgan fingerprint density at radius 3 is 2.34 bits per heavy atom.